The van der Waals surface area contributed by atoms with E-state index in [0.29, 0.717) is 0 Å². The molecule has 0 spiro atoms. The van der Waals surface area contributed by atoms with Crippen LogP contribution in [0.2, 0.25) is 0 Å². The van der Waals surface area contributed by atoms with Crippen LogP contribution in [0, 0.1) is 0 Å². The average Bonchev–Trinajstić information content (AvgIpc) is 3.99. The van der Waals surface area contributed by atoms with Gasteiger partial charge in [0, 0.05) is 68.1 Å². The van der Waals surface area contributed by atoms with Gasteiger partial charge in [0.05, 0.1) is 5.69 Å². The molecule has 58 heavy (non-hydrogen) atoms. The van der Waals surface area contributed by atoms with Crippen LogP contribution in [0.15, 0.2) is 205 Å². The maximum absolute atomic E-state index is 7.01. The van der Waals surface area contributed by atoms with Gasteiger partial charge in [-0.15, -0.1) is 22.7 Å². The highest BCUT2D eigenvalue weighted by Crippen LogP contribution is 2.48. The highest BCUT2D eigenvalue weighted by atomic mass is 32.1. The summed E-state index contributed by atoms with van der Waals surface area (Å²) in [6.07, 6.45) is 0. The summed E-state index contributed by atoms with van der Waals surface area (Å²) in [5.41, 5.74) is 11.9. The lowest BCUT2D eigenvalue weighted by Crippen LogP contribution is -2.10. The number of hydrogen-bond donors (Lipinski definition) is 0. The van der Waals surface area contributed by atoms with E-state index in [9.17, 15) is 0 Å². The van der Waals surface area contributed by atoms with Gasteiger partial charge in [0.1, 0.15) is 5.58 Å². The molecule has 12 aromatic rings. The number of benzene rings is 9. The number of thiophene rings is 2. The van der Waals surface area contributed by atoms with Gasteiger partial charge in [0.25, 0.3) is 0 Å². The minimum absolute atomic E-state index is 0.858. The maximum Gasteiger partial charge on any atom is 0.159 e. The molecule has 0 N–H and O–H groups in total. The first-order chi connectivity index (χ1) is 28.8. The summed E-state index contributed by atoms with van der Waals surface area (Å²) in [4.78, 5) is 2.36. The molecular formula is C54H33NOS2. The largest absolute Gasteiger partial charge is 0.453 e. The molecule has 9 aromatic carbocycles. The standard InChI is InChI=1S/C54H33NOS2/c1-3-13-34(14-4-1)35-27-29-38(30-28-35)55(47-25-12-23-43-42-22-10-20-40(51(42)56-52(43)47)36-15-5-2-6-16-36)39-18-9-17-37(33-39)41-21-11-24-44-45-31-32-49-50(54(45)58-53(41)44)46-19-7-8-26-48(46)57-49/h1-33H. The predicted molar refractivity (Wildman–Crippen MR) is 250 cm³/mol. The van der Waals surface area contributed by atoms with Crippen molar-refractivity contribution >= 4 is 102 Å². The van der Waals surface area contributed by atoms with Crippen LogP contribution in [0.25, 0.3) is 95.7 Å². The van der Waals surface area contributed by atoms with Crippen molar-refractivity contribution in [1.82, 2.24) is 0 Å². The van der Waals surface area contributed by atoms with E-state index in [0.717, 1.165) is 50.1 Å². The molecule has 0 saturated heterocycles. The van der Waals surface area contributed by atoms with Crippen molar-refractivity contribution in [2.24, 2.45) is 0 Å². The van der Waals surface area contributed by atoms with Gasteiger partial charge in [0.15, 0.2) is 5.58 Å². The molecule has 0 aliphatic heterocycles. The molecule has 3 heterocycles. The Balaban J connectivity index is 1.06. The van der Waals surface area contributed by atoms with Gasteiger partial charge in [0.2, 0.25) is 0 Å². The van der Waals surface area contributed by atoms with Crippen molar-refractivity contribution in [2.45, 2.75) is 0 Å². The Morgan fingerprint density at radius 1 is 0.345 bits per heavy atom. The van der Waals surface area contributed by atoms with E-state index in [1.807, 2.05) is 22.7 Å². The third kappa shape index (κ3) is 5.23. The Labute approximate surface area is 343 Å². The molecule has 0 aliphatic carbocycles. The van der Waals surface area contributed by atoms with Crippen molar-refractivity contribution in [2.75, 3.05) is 4.90 Å². The third-order valence-electron chi connectivity index (χ3n) is 11.5. The fourth-order valence-electron chi connectivity index (χ4n) is 8.79. The Morgan fingerprint density at radius 2 is 0.966 bits per heavy atom. The van der Waals surface area contributed by atoms with Crippen molar-refractivity contribution < 1.29 is 4.42 Å². The van der Waals surface area contributed by atoms with Crippen molar-refractivity contribution in [3.63, 3.8) is 0 Å². The normalized spacial score (nSPS) is 11.8. The molecular weight excluding hydrogens is 743 g/mol. The summed E-state index contributed by atoms with van der Waals surface area (Å²) >= 11 is 3.80. The summed E-state index contributed by atoms with van der Waals surface area (Å²) in [7, 11) is 0. The SMILES string of the molecule is c1ccc(-c2ccc(N(c3cccc(-c4cccc5c4sc4c5ccc5sc6ccccc6c54)c3)c3cccc4c3oc3c(-c5ccccc5)cccc34)cc2)cc1. The number of hydrogen-bond acceptors (Lipinski definition) is 4. The highest BCUT2D eigenvalue weighted by molar-refractivity contribution is 7.30. The number of nitrogens with zero attached hydrogens (tertiary/aromatic N) is 1. The lowest BCUT2D eigenvalue weighted by molar-refractivity contribution is 0.670. The van der Waals surface area contributed by atoms with Gasteiger partial charge < -0.3 is 9.32 Å². The van der Waals surface area contributed by atoms with Crippen molar-refractivity contribution in [3.8, 4) is 33.4 Å². The summed E-state index contributed by atoms with van der Waals surface area (Å²) in [5, 5.41) is 7.53. The molecule has 0 fully saturated rings. The van der Waals surface area contributed by atoms with E-state index in [2.05, 4.69) is 205 Å². The lowest BCUT2D eigenvalue weighted by Gasteiger charge is -2.26. The smallest absolute Gasteiger partial charge is 0.159 e. The highest BCUT2D eigenvalue weighted by Gasteiger charge is 2.22. The van der Waals surface area contributed by atoms with E-state index < -0.39 is 0 Å². The summed E-state index contributed by atoms with van der Waals surface area (Å²) in [5.74, 6) is 0. The van der Waals surface area contributed by atoms with Crippen LogP contribution in [0.1, 0.15) is 0 Å². The van der Waals surface area contributed by atoms with Crippen LogP contribution in [0.3, 0.4) is 0 Å². The molecule has 0 atom stereocenters. The molecule has 3 aromatic heterocycles. The molecule has 0 saturated carbocycles. The number of fused-ring (bicyclic) bond motifs is 10. The molecule has 4 heteroatoms. The van der Waals surface area contributed by atoms with Gasteiger partial charge >= 0.3 is 0 Å². The monoisotopic (exact) mass is 775 g/mol. The molecule has 12 rings (SSSR count). The molecule has 0 aliphatic rings. The minimum Gasteiger partial charge on any atom is -0.453 e. The van der Waals surface area contributed by atoms with Gasteiger partial charge in [-0.25, -0.2) is 0 Å². The number of furan rings is 1. The quantitative estimate of drug-likeness (QED) is 0.167. The van der Waals surface area contributed by atoms with Crippen LogP contribution in [0.4, 0.5) is 17.1 Å². The number of rotatable bonds is 6. The summed E-state index contributed by atoms with van der Waals surface area (Å²) in [6.45, 7) is 0. The van der Waals surface area contributed by atoms with Gasteiger partial charge in [-0.2, -0.15) is 0 Å². The fraction of sp³-hybridized carbons (Fsp3) is 0. The zero-order chi connectivity index (χ0) is 38.2. The Bertz CT molecular complexity index is 3500. The van der Waals surface area contributed by atoms with Crippen LogP contribution in [0.5, 0.6) is 0 Å². The molecule has 2 nitrogen and oxygen atoms in total. The third-order valence-corrected chi connectivity index (χ3v) is 13.9. The maximum atomic E-state index is 7.01. The first kappa shape index (κ1) is 33.2. The first-order valence-electron chi connectivity index (χ1n) is 19.6. The topological polar surface area (TPSA) is 16.4 Å². The van der Waals surface area contributed by atoms with Crippen LogP contribution in [-0.2, 0) is 0 Å². The van der Waals surface area contributed by atoms with Crippen LogP contribution < -0.4 is 4.90 Å². The van der Waals surface area contributed by atoms with E-state index in [-0.39, 0.29) is 0 Å². The molecule has 0 amide bonds. The van der Waals surface area contributed by atoms with E-state index in [1.54, 1.807) is 0 Å². The van der Waals surface area contributed by atoms with Crippen LogP contribution >= 0.6 is 22.7 Å². The second-order valence-electron chi connectivity index (χ2n) is 14.8. The number of para-hydroxylation sites is 2. The average molecular weight is 776 g/mol. The minimum atomic E-state index is 0.858. The lowest BCUT2D eigenvalue weighted by atomic mass is 10.0. The zero-order valence-corrected chi connectivity index (χ0v) is 32.9. The van der Waals surface area contributed by atoms with Gasteiger partial charge in [-0.05, 0) is 70.3 Å². The number of anilines is 3. The molecule has 0 bridgehead atoms. The fourth-order valence-corrected chi connectivity index (χ4v) is 11.4. The van der Waals surface area contributed by atoms with E-state index in [4.69, 9.17) is 4.42 Å². The second-order valence-corrected chi connectivity index (χ2v) is 16.9. The van der Waals surface area contributed by atoms with Gasteiger partial charge in [-0.3, -0.25) is 0 Å². The predicted octanol–water partition coefficient (Wildman–Crippen LogP) is 16.8. The molecule has 0 radical (unpaired) electrons. The summed E-state index contributed by atoms with van der Waals surface area (Å²) in [6, 6.07) is 72.2. The molecule has 272 valence electrons. The summed E-state index contributed by atoms with van der Waals surface area (Å²) < 4.78 is 12.4. The second kappa shape index (κ2) is 13.3. The van der Waals surface area contributed by atoms with Crippen molar-refractivity contribution in [3.05, 3.63) is 200 Å². The first-order valence-corrected chi connectivity index (χ1v) is 21.2. The zero-order valence-electron chi connectivity index (χ0n) is 31.2. The van der Waals surface area contributed by atoms with Crippen molar-refractivity contribution in [1.29, 1.82) is 0 Å². The van der Waals surface area contributed by atoms with E-state index >= 15 is 0 Å². The Morgan fingerprint density at radius 3 is 1.79 bits per heavy atom. The van der Waals surface area contributed by atoms with E-state index in [1.165, 1.54) is 62.6 Å². The Hall–Kier alpha value is -6.98. The Kier molecular flexibility index (Phi) is 7.62. The van der Waals surface area contributed by atoms with Crippen LogP contribution in [-0.4, -0.2) is 0 Å². The van der Waals surface area contributed by atoms with Gasteiger partial charge in [-0.1, -0.05) is 158 Å². The molecule has 0 unspecified atom stereocenters.